The summed E-state index contributed by atoms with van der Waals surface area (Å²) >= 11 is 0. The summed E-state index contributed by atoms with van der Waals surface area (Å²) in [4.78, 5) is 57.8. The SMILES string of the molecule is CCN(C(=O)C(F)(F)F)C(C)Cc1cccc(C(N=C(CCC(=O)O)ON2C(=O)CCC2=O)C2OC=CO2)c1. The van der Waals surface area contributed by atoms with Crippen LogP contribution in [0.4, 0.5) is 13.2 Å². The Kier molecular flexibility index (Phi) is 9.54. The number of hydroxylamine groups is 2. The van der Waals surface area contributed by atoms with E-state index >= 15 is 0 Å². The number of carboxylic acids is 1. The number of halogens is 3. The molecule has 0 bridgehead atoms. The van der Waals surface area contributed by atoms with Crippen molar-refractivity contribution in [2.24, 2.45) is 4.99 Å². The standard InChI is InChI=1S/C25H28F3N3O8/c1-3-30(24(36)25(26,27)28)15(2)13-16-5-4-6-17(14-16)22(23-37-11-12-38-23)29-18(7-10-21(34)35)39-31-19(32)8-9-20(31)33/h4-6,11-12,14-15,22-23H,3,7-10,13H2,1-2H3,(H,34,35). The molecule has 1 N–H and O–H groups in total. The van der Waals surface area contributed by atoms with Gasteiger partial charge in [0.1, 0.15) is 12.5 Å². The van der Waals surface area contributed by atoms with E-state index in [-0.39, 0.29) is 38.1 Å². The zero-order valence-corrected chi connectivity index (χ0v) is 21.2. The molecule has 2 aliphatic rings. The molecule has 0 spiro atoms. The van der Waals surface area contributed by atoms with E-state index in [0.717, 1.165) is 4.90 Å². The molecule has 0 saturated carbocycles. The molecule has 39 heavy (non-hydrogen) atoms. The number of aliphatic imine (C=N–C) groups is 1. The summed E-state index contributed by atoms with van der Waals surface area (Å²) in [5, 5.41) is 9.69. The van der Waals surface area contributed by atoms with Crippen LogP contribution < -0.4 is 0 Å². The lowest BCUT2D eigenvalue weighted by molar-refractivity contribution is -0.187. The van der Waals surface area contributed by atoms with Crippen molar-refractivity contribution in [1.82, 2.24) is 9.96 Å². The number of nitrogens with zero attached hydrogens (tertiary/aromatic N) is 3. The highest BCUT2D eigenvalue weighted by atomic mass is 19.4. The molecule has 1 aromatic rings. The molecule has 2 unspecified atom stereocenters. The number of ether oxygens (including phenoxy) is 2. The van der Waals surface area contributed by atoms with E-state index in [1.54, 1.807) is 24.3 Å². The monoisotopic (exact) mass is 555 g/mol. The summed E-state index contributed by atoms with van der Waals surface area (Å²) in [6.45, 7) is 2.82. The van der Waals surface area contributed by atoms with E-state index in [4.69, 9.17) is 19.4 Å². The Morgan fingerprint density at radius 1 is 1.18 bits per heavy atom. The number of amides is 3. The molecule has 0 aromatic heterocycles. The summed E-state index contributed by atoms with van der Waals surface area (Å²) in [6.07, 6.45) is -4.18. The van der Waals surface area contributed by atoms with Crippen LogP contribution in [0.1, 0.15) is 56.7 Å². The predicted octanol–water partition coefficient (Wildman–Crippen LogP) is 3.26. The van der Waals surface area contributed by atoms with Gasteiger partial charge in [-0.3, -0.25) is 19.2 Å². The zero-order valence-electron chi connectivity index (χ0n) is 21.2. The number of imide groups is 1. The summed E-state index contributed by atoms with van der Waals surface area (Å²) in [7, 11) is 0. The van der Waals surface area contributed by atoms with Crippen molar-refractivity contribution in [3.8, 4) is 0 Å². The van der Waals surface area contributed by atoms with Crippen LogP contribution in [0.25, 0.3) is 0 Å². The van der Waals surface area contributed by atoms with Gasteiger partial charge in [0.25, 0.3) is 18.1 Å². The lowest BCUT2D eigenvalue weighted by atomic mass is 9.99. The number of rotatable bonds is 11. The normalized spacial score (nSPS) is 17.6. The van der Waals surface area contributed by atoms with Gasteiger partial charge in [0, 0.05) is 31.8 Å². The average molecular weight is 556 g/mol. The predicted molar refractivity (Wildman–Crippen MR) is 127 cm³/mol. The fraction of sp³-hybridized carbons (Fsp3) is 0.480. The lowest BCUT2D eigenvalue weighted by Gasteiger charge is -2.29. The average Bonchev–Trinajstić information content (AvgIpc) is 3.51. The molecule has 2 heterocycles. The minimum absolute atomic E-state index is 0.0565. The second-order valence-corrected chi connectivity index (χ2v) is 8.83. The third kappa shape index (κ3) is 7.71. The van der Waals surface area contributed by atoms with Gasteiger partial charge in [-0.15, -0.1) is 5.06 Å². The Balaban J connectivity index is 1.91. The molecule has 212 valence electrons. The Hall–Kier alpha value is -4.10. The summed E-state index contributed by atoms with van der Waals surface area (Å²) in [5.74, 6) is -4.52. The van der Waals surface area contributed by atoms with Gasteiger partial charge in [0.15, 0.2) is 6.04 Å². The first kappa shape index (κ1) is 29.5. The highest BCUT2D eigenvalue weighted by Gasteiger charge is 2.43. The van der Waals surface area contributed by atoms with E-state index < -0.39 is 54.7 Å². The first-order chi connectivity index (χ1) is 18.4. The van der Waals surface area contributed by atoms with Crippen LogP contribution in [0.3, 0.4) is 0 Å². The van der Waals surface area contributed by atoms with Crippen molar-refractivity contribution in [3.63, 3.8) is 0 Å². The maximum absolute atomic E-state index is 13.0. The lowest BCUT2D eigenvalue weighted by Crippen LogP contribution is -2.46. The Morgan fingerprint density at radius 2 is 1.82 bits per heavy atom. The number of benzene rings is 1. The number of aliphatic carboxylic acids is 1. The molecule has 1 fully saturated rings. The number of alkyl halides is 3. The van der Waals surface area contributed by atoms with Gasteiger partial charge in [-0.2, -0.15) is 13.2 Å². The molecule has 3 amide bonds. The fourth-order valence-corrected chi connectivity index (χ4v) is 4.13. The van der Waals surface area contributed by atoms with Crippen LogP contribution in [0.2, 0.25) is 0 Å². The molecule has 1 aromatic carbocycles. The van der Waals surface area contributed by atoms with Gasteiger partial charge in [0.05, 0.1) is 6.42 Å². The number of carbonyl (C=O) groups excluding carboxylic acids is 3. The van der Waals surface area contributed by atoms with Crippen LogP contribution in [0.5, 0.6) is 0 Å². The van der Waals surface area contributed by atoms with Gasteiger partial charge in [-0.1, -0.05) is 24.3 Å². The van der Waals surface area contributed by atoms with Crippen LogP contribution in [0.15, 0.2) is 41.8 Å². The highest BCUT2D eigenvalue weighted by Crippen LogP contribution is 2.30. The number of carboxylic acid groups (broad SMARTS) is 1. The van der Waals surface area contributed by atoms with E-state index in [2.05, 4.69) is 4.99 Å². The van der Waals surface area contributed by atoms with Crippen molar-refractivity contribution in [1.29, 1.82) is 0 Å². The number of hydrogen-bond acceptors (Lipinski definition) is 8. The van der Waals surface area contributed by atoms with Gasteiger partial charge in [0.2, 0.25) is 5.90 Å². The first-order valence-electron chi connectivity index (χ1n) is 12.2. The second-order valence-electron chi connectivity index (χ2n) is 8.83. The minimum Gasteiger partial charge on any atom is -0.481 e. The van der Waals surface area contributed by atoms with Gasteiger partial charge in [-0.25, -0.2) is 4.99 Å². The summed E-state index contributed by atoms with van der Waals surface area (Å²) in [5.41, 5.74) is 1.05. The number of likely N-dealkylation sites (N-methyl/N-ethyl adjacent to an activating group) is 1. The van der Waals surface area contributed by atoms with Crippen molar-refractivity contribution < 1.29 is 51.8 Å². The maximum atomic E-state index is 13.0. The van der Waals surface area contributed by atoms with Crippen LogP contribution in [-0.2, 0) is 39.9 Å². The molecule has 1 saturated heterocycles. The smallest absolute Gasteiger partial charge is 0.471 e. The molecule has 2 atom stereocenters. The second kappa shape index (κ2) is 12.6. The Bertz CT molecular complexity index is 1130. The molecular weight excluding hydrogens is 527 g/mol. The van der Waals surface area contributed by atoms with E-state index in [1.807, 2.05) is 0 Å². The molecule has 3 rings (SSSR count). The topological polar surface area (TPSA) is 135 Å². The molecule has 0 radical (unpaired) electrons. The zero-order chi connectivity index (χ0) is 28.7. The molecule has 0 aliphatic carbocycles. The molecular formula is C25H28F3N3O8. The maximum Gasteiger partial charge on any atom is 0.471 e. The van der Waals surface area contributed by atoms with Crippen LogP contribution in [0, 0.1) is 0 Å². The molecule has 14 heteroatoms. The van der Waals surface area contributed by atoms with Crippen LogP contribution >= 0.6 is 0 Å². The van der Waals surface area contributed by atoms with E-state index in [9.17, 15) is 32.3 Å². The van der Waals surface area contributed by atoms with Crippen molar-refractivity contribution in [2.45, 2.75) is 70.5 Å². The fourth-order valence-electron chi connectivity index (χ4n) is 4.13. The van der Waals surface area contributed by atoms with Gasteiger partial charge in [-0.05, 0) is 31.4 Å². The number of hydrogen-bond donors (Lipinski definition) is 1. The number of carbonyl (C=O) groups is 4. The molecule has 11 nitrogen and oxygen atoms in total. The van der Waals surface area contributed by atoms with E-state index in [0.29, 0.717) is 16.2 Å². The highest BCUT2D eigenvalue weighted by molar-refractivity contribution is 6.02. The Morgan fingerprint density at radius 3 is 2.38 bits per heavy atom. The van der Waals surface area contributed by atoms with Gasteiger partial charge >= 0.3 is 18.1 Å². The van der Waals surface area contributed by atoms with E-state index in [1.165, 1.54) is 26.4 Å². The van der Waals surface area contributed by atoms with Gasteiger partial charge < -0.3 is 24.3 Å². The van der Waals surface area contributed by atoms with Crippen molar-refractivity contribution in [3.05, 3.63) is 47.9 Å². The summed E-state index contributed by atoms with van der Waals surface area (Å²) in [6, 6.07) is 4.82. The third-order valence-corrected chi connectivity index (χ3v) is 5.98. The minimum atomic E-state index is -5.00. The van der Waals surface area contributed by atoms with Crippen LogP contribution in [-0.4, -0.2) is 69.7 Å². The summed E-state index contributed by atoms with van der Waals surface area (Å²) < 4.78 is 50.0. The van der Waals surface area contributed by atoms with Crippen molar-refractivity contribution >= 4 is 29.6 Å². The first-order valence-corrected chi connectivity index (χ1v) is 12.2. The van der Waals surface area contributed by atoms with Crippen molar-refractivity contribution in [2.75, 3.05) is 6.54 Å². The molecule has 2 aliphatic heterocycles. The third-order valence-electron chi connectivity index (χ3n) is 5.98. The Labute approximate surface area is 221 Å². The largest absolute Gasteiger partial charge is 0.481 e. The quantitative estimate of drug-likeness (QED) is 0.250.